The first-order valence-corrected chi connectivity index (χ1v) is 7.26. The topological polar surface area (TPSA) is 87.5 Å². The summed E-state index contributed by atoms with van der Waals surface area (Å²) < 4.78 is 0. The molecule has 0 saturated carbocycles. The van der Waals surface area contributed by atoms with Gasteiger partial charge in [-0.25, -0.2) is 9.78 Å². The van der Waals surface area contributed by atoms with Crippen LogP contribution in [0.25, 0.3) is 0 Å². The van der Waals surface area contributed by atoms with Gasteiger partial charge in [0.2, 0.25) is 0 Å². The molecule has 0 amide bonds. The van der Waals surface area contributed by atoms with Crippen LogP contribution in [-0.2, 0) is 17.6 Å². The number of aromatic carboxylic acids is 1. The number of thiazole rings is 1. The van der Waals surface area contributed by atoms with E-state index >= 15 is 0 Å². The summed E-state index contributed by atoms with van der Waals surface area (Å²) in [6.45, 7) is 1.87. The van der Waals surface area contributed by atoms with Crippen LogP contribution in [0.4, 0.5) is 0 Å². The number of carboxylic acid groups (broad SMARTS) is 2. The number of benzene rings is 1. The molecule has 0 fully saturated rings. The minimum absolute atomic E-state index is 0.0942. The molecular weight excluding hydrogens is 290 g/mol. The van der Waals surface area contributed by atoms with Crippen LogP contribution < -0.4 is 0 Å². The molecule has 0 aliphatic heterocycles. The Hall–Kier alpha value is -2.21. The molecule has 1 aromatic carbocycles. The highest BCUT2D eigenvalue weighted by atomic mass is 32.1. The third-order valence-corrected chi connectivity index (χ3v) is 4.25. The lowest BCUT2D eigenvalue weighted by atomic mass is 10.1. The number of hydrogen-bond donors (Lipinski definition) is 2. The minimum Gasteiger partial charge on any atom is -0.481 e. The molecule has 0 aliphatic carbocycles. The van der Waals surface area contributed by atoms with Crippen molar-refractivity contribution < 1.29 is 19.8 Å². The average molecular weight is 305 g/mol. The third-order valence-electron chi connectivity index (χ3n) is 3.03. The average Bonchev–Trinajstić information content (AvgIpc) is 2.76. The van der Waals surface area contributed by atoms with Crippen LogP contribution in [0.15, 0.2) is 24.3 Å². The quantitative estimate of drug-likeness (QED) is 0.857. The summed E-state index contributed by atoms with van der Waals surface area (Å²) in [5.74, 6) is -1.77. The monoisotopic (exact) mass is 305 g/mol. The number of aliphatic carboxylic acids is 1. The highest BCUT2D eigenvalue weighted by Gasteiger charge is 2.11. The highest BCUT2D eigenvalue weighted by molar-refractivity contribution is 7.11. The Morgan fingerprint density at radius 3 is 2.71 bits per heavy atom. The Bertz CT molecular complexity index is 678. The van der Waals surface area contributed by atoms with Gasteiger partial charge in [0.15, 0.2) is 0 Å². The number of nitrogens with zero attached hydrogens (tertiary/aromatic N) is 1. The predicted octanol–water partition coefficient (Wildman–Crippen LogP) is 2.76. The molecule has 2 aromatic rings. The second-order valence-electron chi connectivity index (χ2n) is 4.69. The van der Waals surface area contributed by atoms with Crippen molar-refractivity contribution >= 4 is 23.3 Å². The van der Waals surface area contributed by atoms with Crippen molar-refractivity contribution in [2.75, 3.05) is 0 Å². The van der Waals surface area contributed by atoms with Gasteiger partial charge in [-0.1, -0.05) is 12.1 Å². The van der Waals surface area contributed by atoms with Gasteiger partial charge in [0.1, 0.15) is 0 Å². The first-order chi connectivity index (χ1) is 9.95. The predicted molar refractivity (Wildman–Crippen MR) is 79.0 cm³/mol. The van der Waals surface area contributed by atoms with Gasteiger partial charge in [0, 0.05) is 11.3 Å². The number of carbonyl (C=O) groups is 2. The SMILES string of the molecule is Cc1nc(Cc2cccc(C(=O)O)c2)sc1CCC(=O)O. The van der Waals surface area contributed by atoms with Crippen LogP contribution in [0.3, 0.4) is 0 Å². The molecule has 0 unspecified atom stereocenters. The van der Waals surface area contributed by atoms with Crippen LogP contribution in [0.5, 0.6) is 0 Å². The fourth-order valence-corrected chi connectivity index (χ4v) is 3.11. The van der Waals surface area contributed by atoms with E-state index in [1.165, 1.54) is 11.3 Å². The molecular formula is C15H15NO4S. The molecule has 6 heteroatoms. The van der Waals surface area contributed by atoms with Crippen molar-refractivity contribution in [2.24, 2.45) is 0 Å². The summed E-state index contributed by atoms with van der Waals surface area (Å²) in [5.41, 5.74) is 1.99. The van der Waals surface area contributed by atoms with Crippen molar-refractivity contribution in [2.45, 2.75) is 26.2 Å². The molecule has 2 N–H and O–H groups in total. The van der Waals surface area contributed by atoms with Gasteiger partial charge in [0.25, 0.3) is 0 Å². The van der Waals surface area contributed by atoms with Crippen LogP contribution in [0.2, 0.25) is 0 Å². The van der Waals surface area contributed by atoms with Crippen molar-refractivity contribution in [3.05, 3.63) is 51.0 Å². The van der Waals surface area contributed by atoms with Gasteiger partial charge in [-0.2, -0.15) is 0 Å². The van der Waals surface area contributed by atoms with Crippen LogP contribution in [0.1, 0.15) is 37.9 Å². The van der Waals surface area contributed by atoms with E-state index in [0.717, 1.165) is 21.1 Å². The van der Waals surface area contributed by atoms with Crippen molar-refractivity contribution in [3.8, 4) is 0 Å². The maximum absolute atomic E-state index is 10.9. The number of aryl methyl sites for hydroxylation is 2. The zero-order valence-corrected chi connectivity index (χ0v) is 12.3. The van der Waals surface area contributed by atoms with E-state index in [1.807, 2.05) is 13.0 Å². The summed E-state index contributed by atoms with van der Waals surface area (Å²) in [6.07, 6.45) is 1.13. The third kappa shape index (κ3) is 4.13. The summed E-state index contributed by atoms with van der Waals surface area (Å²) in [7, 11) is 0. The van der Waals surface area contributed by atoms with Crippen LogP contribution in [0, 0.1) is 6.92 Å². The Labute approximate surface area is 125 Å². The molecule has 2 rings (SSSR count). The maximum Gasteiger partial charge on any atom is 0.335 e. The molecule has 21 heavy (non-hydrogen) atoms. The fourth-order valence-electron chi connectivity index (χ4n) is 2.01. The van der Waals surface area contributed by atoms with Gasteiger partial charge >= 0.3 is 11.9 Å². The van der Waals surface area contributed by atoms with E-state index in [-0.39, 0.29) is 12.0 Å². The molecule has 0 aliphatic rings. The van der Waals surface area contributed by atoms with Gasteiger partial charge in [0.05, 0.1) is 22.7 Å². The zero-order chi connectivity index (χ0) is 15.4. The summed E-state index contributed by atoms with van der Waals surface area (Å²) in [5, 5.41) is 18.6. The molecule has 0 radical (unpaired) electrons. The number of rotatable bonds is 6. The lowest BCUT2D eigenvalue weighted by Gasteiger charge is -2.00. The van der Waals surface area contributed by atoms with E-state index in [9.17, 15) is 9.59 Å². The second kappa shape index (κ2) is 6.49. The van der Waals surface area contributed by atoms with E-state index in [2.05, 4.69) is 4.98 Å². The maximum atomic E-state index is 10.9. The molecule has 110 valence electrons. The van der Waals surface area contributed by atoms with Crippen molar-refractivity contribution in [1.82, 2.24) is 4.98 Å². The largest absolute Gasteiger partial charge is 0.481 e. The van der Waals surface area contributed by atoms with Gasteiger partial charge in [-0.05, 0) is 31.0 Å². The van der Waals surface area contributed by atoms with E-state index < -0.39 is 11.9 Å². The summed E-state index contributed by atoms with van der Waals surface area (Å²) >= 11 is 1.49. The van der Waals surface area contributed by atoms with Crippen LogP contribution in [-0.4, -0.2) is 27.1 Å². The van der Waals surface area contributed by atoms with E-state index in [0.29, 0.717) is 12.8 Å². The fraction of sp³-hybridized carbons (Fsp3) is 0.267. The lowest BCUT2D eigenvalue weighted by Crippen LogP contribution is -1.97. The highest BCUT2D eigenvalue weighted by Crippen LogP contribution is 2.22. The minimum atomic E-state index is -0.950. The molecule has 0 spiro atoms. The smallest absolute Gasteiger partial charge is 0.335 e. The van der Waals surface area contributed by atoms with Crippen molar-refractivity contribution in [3.63, 3.8) is 0 Å². The first kappa shape index (κ1) is 15.2. The zero-order valence-electron chi connectivity index (χ0n) is 11.5. The Balaban J connectivity index is 2.13. The second-order valence-corrected chi connectivity index (χ2v) is 5.86. The van der Waals surface area contributed by atoms with Crippen molar-refractivity contribution in [1.29, 1.82) is 0 Å². The molecule has 1 aromatic heterocycles. The Morgan fingerprint density at radius 2 is 2.05 bits per heavy atom. The first-order valence-electron chi connectivity index (χ1n) is 6.45. The molecule has 0 saturated heterocycles. The lowest BCUT2D eigenvalue weighted by molar-refractivity contribution is -0.136. The molecule has 5 nitrogen and oxygen atoms in total. The van der Waals surface area contributed by atoms with Gasteiger partial charge in [-0.3, -0.25) is 4.79 Å². The standard InChI is InChI=1S/C15H15NO4S/c1-9-12(5-6-14(17)18)21-13(16-9)8-10-3-2-4-11(7-10)15(19)20/h2-4,7H,5-6,8H2,1H3,(H,17,18)(H,19,20). The molecule has 1 heterocycles. The van der Waals surface area contributed by atoms with Gasteiger partial charge < -0.3 is 10.2 Å². The Kier molecular flexibility index (Phi) is 4.70. The summed E-state index contributed by atoms with van der Waals surface area (Å²) in [4.78, 5) is 27.0. The Morgan fingerprint density at radius 1 is 1.29 bits per heavy atom. The number of aromatic nitrogens is 1. The molecule has 0 bridgehead atoms. The van der Waals surface area contributed by atoms with Gasteiger partial charge in [-0.15, -0.1) is 11.3 Å². The molecule has 0 atom stereocenters. The number of hydrogen-bond acceptors (Lipinski definition) is 4. The van der Waals surface area contributed by atoms with E-state index in [1.54, 1.807) is 18.2 Å². The number of carboxylic acids is 2. The van der Waals surface area contributed by atoms with Crippen LogP contribution >= 0.6 is 11.3 Å². The van der Waals surface area contributed by atoms with E-state index in [4.69, 9.17) is 10.2 Å². The summed E-state index contributed by atoms with van der Waals surface area (Å²) in [6, 6.07) is 6.76. The normalized spacial score (nSPS) is 10.5.